The van der Waals surface area contributed by atoms with Gasteiger partial charge in [0, 0.05) is 45.8 Å². The Morgan fingerprint density at radius 3 is 2.44 bits per heavy atom. The number of hydrogen-bond acceptors (Lipinski definition) is 6. The Morgan fingerprint density at radius 1 is 1.19 bits per heavy atom. The van der Waals surface area contributed by atoms with Crippen molar-refractivity contribution in [2.24, 2.45) is 0 Å². The van der Waals surface area contributed by atoms with E-state index in [0.29, 0.717) is 26.4 Å². The van der Waals surface area contributed by atoms with Crippen molar-refractivity contribution in [3.63, 3.8) is 0 Å². The van der Waals surface area contributed by atoms with E-state index in [1.165, 1.54) is 0 Å². The molecule has 1 N–H and O–H groups in total. The molecule has 0 radical (unpaired) electrons. The summed E-state index contributed by atoms with van der Waals surface area (Å²) in [5, 5.41) is 2.97. The normalized spacial score (nSPS) is 15.8. The van der Waals surface area contributed by atoms with Gasteiger partial charge in [-0.05, 0) is 24.6 Å². The topological polar surface area (TPSA) is 71.1 Å². The first kappa shape index (κ1) is 21.2. The van der Waals surface area contributed by atoms with Crippen molar-refractivity contribution < 1.29 is 19.1 Å². The first-order chi connectivity index (χ1) is 13.0. The van der Waals surface area contributed by atoms with Crippen LogP contribution in [0.3, 0.4) is 0 Å². The molecule has 27 heavy (non-hydrogen) atoms. The van der Waals surface area contributed by atoms with Crippen LogP contribution in [0.5, 0.6) is 0 Å². The van der Waals surface area contributed by atoms with Crippen molar-refractivity contribution in [1.29, 1.82) is 0 Å². The Kier molecular flexibility index (Phi) is 8.54. The molecule has 1 aromatic rings. The SMILES string of the molecule is CCOC(=O)CCC(=O)NCC(c1ccc(N(C)C)cc1)N1CCOCC1. The zero-order chi connectivity index (χ0) is 19.6. The van der Waals surface area contributed by atoms with Crippen molar-refractivity contribution in [3.05, 3.63) is 29.8 Å². The van der Waals surface area contributed by atoms with E-state index < -0.39 is 0 Å². The van der Waals surface area contributed by atoms with Crippen LogP contribution in [0.1, 0.15) is 31.4 Å². The molecule has 0 spiro atoms. The van der Waals surface area contributed by atoms with Crippen LogP contribution < -0.4 is 10.2 Å². The van der Waals surface area contributed by atoms with Gasteiger partial charge in [0.15, 0.2) is 0 Å². The number of ether oxygens (including phenoxy) is 2. The van der Waals surface area contributed by atoms with Crippen molar-refractivity contribution in [1.82, 2.24) is 10.2 Å². The van der Waals surface area contributed by atoms with Crippen LogP contribution in [0.4, 0.5) is 5.69 Å². The molecule has 0 aromatic heterocycles. The van der Waals surface area contributed by atoms with E-state index in [9.17, 15) is 9.59 Å². The zero-order valence-electron chi connectivity index (χ0n) is 16.6. The molecule has 2 rings (SSSR count). The Labute approximate surface area is 161 Å². The monoisotopic (exact) mass is 377 g/mol. The minimum atomic E-state index is -0.336. The molecule has 1 amide bonds. The highest BCUT2D eigenvalue weighted by atomic mass is 16.5. The minimum absolute atomic E-state index is 0.0802. The Morgan fingerprint density at radius 2 is 1.85 bits per heavy atom. The largest absolute Gasteiger partial charge is 0.466 e. The van der Waals surface area contributed by atoms with Crippen LogP contribution in [0.15, 0.2) is 24.3 Å². The zero-order valence-corrected chi connectivity index (χ0v) is 16.6. The molecule has 1 aromatic carbocycles. The van der Waals surface area contributed by atoms with Gasteiger partial charge in [-0.3, -0.25) is 14.5 Å². The number of hydrogen-bond donors (Lipinski definition) is 1. The van der Waals surface area contributed by atoms with Crippen molar-refractivity contribution in [2.75, 3.05) is 58.5 Å². The molecule has 1 aliphatic rings. The lowest BCUT2D eigenvalue weighted by atomic mass is 10.0. The summed E-state index contributed by atoms with van der Waals surface area (Å²) in [6.45, 7) is 5.65. The van der Waals surface area contributed by atoms with Crippen molar-refractivity contribution in [2.45, 2.75) is 25.8 Å². The maximum atomic E-state index is 12.1. The summed E-state index contributed by atoms with van der Waals surface area (Å²) in [6.07, 6.45) is 0.258. The molecule has 1 atom stereocenters. The van der Waals surface area contributed by atoms with Crippen LogP contribution in [0.25, 0.3) is 0 Å². The third-order valence-corrected chi connectivity index (χ3v) is 4.63. The first-order valence-corrected chi connectivity index (χ1v) is 9.52. The van der Waals surface area contributed by atoms with Gasteiger partial charge in [0.1, 0.15) is 0 Å². The smallest absolute Gasteiger partial charge is 0.306 e. The number of morpholine rings is 1. The van der Waals surface area contributed by atoms with Gasteiger partial charge in [-0.2, -0.15) is 0 Å². The molecular weight excluding hydrogens is 346 g/mol. The number of nitrogens with zero attached hydrogens (tertiary/aromatic N) is 2. The lowest BCUT2D eigenvalue weighted by Crippen LogP contribution is -2.43. The highest BCUT2D eigenvalue weighted by Crippen LogP contribution is 2.23. The second-order valence-electron chi connectivity index (χ2n) is 6.76. The van der Waals surface area contributed by atoms with Crippen LogP contribution in [-0.2, 0) is 19.1 Å². The highest BCUT2D eigenvalue weighted by Gasteiger charge is 2.23. The van der Waals surface area contributed by atoms with E-state index in [2.05, 4.69) is 39.4 Å². The van der Waals surface area contributed by atoms with Gasteiger partial charge in [0.05, 0.1) is 32.3 Å². The second-order valence-corrected chi connectivity index (χ2v) is 6.76. The lowest BCUT2D eigenvalue weighted by molar-refractivity contribution is -0.144. The molecule has 0 saturated carbocycles. The second kappa shape index (κ2) is 10.9. The number of anilines is 1. The molecule has 1 aliphatic heterocycles. The van der Waals surface area contributed by atoms with Gasteiger partial charge < -0.3 is 19.7 Å². The predicted octanol–water partition coefficient (Wildman–Crippen LogP) is 1.59. The van der Waals surface area contributed by atoms with Gasteiger partial charge in [0.25, 0.3) is 0 Å². The van der Waals surface area contributed by atoms with E-state index in [1.54, 1.807) is 6.92 Å². The van der Waals surface area contributed by atoms with Crippen molar-refractivity contribution >= 4 is 17.6 Å². The molecule has 150 valence electrons. The number of nitrogens with one attached hydrogen (secondary N) is 1. The fourth-order valence-corrected chi connectivity index (χ4v) is 3.09. The van der Waals surface area contributed by atoms with Crippen molar-refractivity contribution in [3.8, 4) is 0 Å². The average Bonchev–Trinajstić information content (AvgIpc) is 2.68. The molecule has 0 aliphatic carbocycles. The quantitative estimate of drug-likeness (QED) is 0.659. The van der Waals surface area contributed by atoms with E-state index in [-0.39, 0.29) is 30.8 Å². The van der Waals surface area contributed by atoms with E-state index >= 15 is 0 Å². The summed E-state index contributed by atoms with van der Waals surface area (Å²) in [5.74, 6) is -0.470. The summed E-state index contributed by atoms with van der Waals surface area (Å²) >= 11 is 0. The fraction of sp³-hybridized carbons (Fsp3) is 0.600. The molecule has 1 fully saturated rings. The number of carbonyl (C=O) groups is 2. The maximum absolute atomic E-state index is 12.1. The minimum Gasteiger partial charge on any atom is -0.466 e. The van der Waals surface area contributed by atoms with Gasteiger partial charge in [-0.1, -0.05) is 12.1 Å². The molecule has 1 heterocycles. The Bertz CT molecular complexity index is 598. The standard InChI is InChI=1S/C20H31N3O4/c1-4-27-20(25)10-9-19(24)21-15-18(23-11-13-26-14-12-23)16-5-7-17(8-6-16)22(2)3/h5-8,18H,4,9-15H2,1-3H3,(H,21,24). The lowest BCUT2D eigenvalue weighted by Gasteiger charge is -2.35. The van der Waals surface area contributed by atoms with Crippen LogP contribution in [0.2, 0.25) is 0 Å². The average molecular weight is 377 g/mol. The van der Waals surface area contributed by atoms with Crippen LogP contribution in [0, 0.1) is 0 Å². The molecule has 1 saturated heterocycles. The van der Waals surface area contributed by atoms with Crippen LogP contribution in [-0.4, -0.2) is 70.3 Å². The van der Waals surface area contributed by atoms with E-state index in [4.69, 9.17) is 9.47 Å². The number of amides is 1. The predicted molar refractivity (Wildman–Crippen MR) is 105 cm³/mol. The molecule has 0 bridgehead atoms. The summed E-state index contributed by atoms with van der Waals surface area (Å²) in [7, 11) is 4.02. The summed E-state index contributed by atoms with van der Waals surface area (Å²) < 4.78 is 10.3. The van der Waals surface area contributed by atoms with E-state index in [1.807, 2.05) is 14.1 Å². The Balaban J connectivity index is 1.98. The van der Waals surface area contributed by atoms with Gasteiger partial charge in [-0.15, -0.1) is 0 Å². The van der Waals surface area contributed by atoms with Gasteiger partial charge >= 0.3 is 5.97 Å². The molecule has 1 unspecified atom stereocenters. The molecule has 7 heteroatoms. The first-order valence-electron chi connectivity index (χ1n) is 9.52. The van der Waals surface area contributed by atoms with Gasteiger partial charge in [-0.25, -0.2) is 0 Å². The van der Waals surface area contributed by atoms with E-state index in [0.717, 1.165) is 24.3 Å². The third-order valence-electron chi connectivity index (χ3n) is 4.63. The molecular formula is C20H31N3O4. The summed E-state index contributed by atoms with van der Waals surface area (Å²) in [6, 6.07) is 8.48. The number of esters is 1. The number of carbonyl (C=O) groups excluding carboxylic acids is 2. The number of benzene rings is 1. The fourth-order valence-electron chi connectivity index (χ4n) is 3.09. The third kappa shape index (κ3) is 6.84. The van der Waals surface area contributed by atoms with Gasteiger partial charge in [0.2, 0.25) is 5.91 Å². The maximum Gasteiger partial charge on any atom is 0.306 e. The summed E-state index contributed by atoms with van der Waals surface area (Å²) in [4.78, 5) is 28.0. The Hall–Kier alpha value is -2.12. The molecule has 7 nitrogen and oxygen atoms in total. The highest BCUT2D eigenvalue weighted by molar-refractivity contribution is 5.81. The van der Waals surface area contributed by atoms with Crippen LogP contribution >= 0.6 is 0 Å². The number of rotatable bonds is 9. The summed E-state index contributed by atoms with van der Waals surface area (Å²) in [5.41, 5.74) is 2.30.